The van der Waals surface area contributed by atoms with Crippen molar-refractivity contribution in [3.8, 4) is 0 Å². The summed E-state index contributed by atoms with van der Waals surface area (Å²) in [6, 6.07) is 8.05. The van der Waals surface area contributed by atoms with E-state index in [-0.39, 0.29) is 17.8 Å². The number of amides is 1. The van der Waals surface area contributed by atoms with E-state index in [9.17, 15) is 9.18 Å². The maximum absolute atomic E-state index is 12.8. The summed E-state index contributed by atoms with van der Waals surface area (Å²) < 4.78 is 12.8. The Morgan fingerprint density at radius 1 is 1.26 bits per heavy atom. The number of halogens is 1. The summed E-state index contributed by atoms with van der Waals surface area (Å²) in [5, 5.41) is 5.94. The first-order chi connectivity index (χ1) is 11.1. The number of nitrogens with one attached hydrogen (secondary N) is 2. The average molecular weight is 316 g/mol. The third-order valence-electron chi connectivity index (χ3n) is 3.49. The van der Waals surface area contributed by atoms with Crippen LogP contribution in [0, 0.1) is 5.82 Å². The fourth-order valence-electron chi connectivity index (χ4n) is 1.94. The van der Waals surface area contributed by atoms with Crippen LogP contribution in [0.15, 0.2) is 36.5 Å². The first-order valence-electron chi connectivity index (χ1n) is 7.70. The molecule has 23 heavy (non-hydrogen) atoms. The van der Waals surface area contributed by atoms with Crippen LogP contribution < -0.4 is 10.6 Å². The predicted octanol–water partition coefficient (Wildman–Crippen LogP) is 2.80. The number of aromatic nitrogens is 2. The number of rotatable bonds is 7. The van der Waals surface area contributed by atoms with Gasteiger partial charge in [0.05, 0.1) is 0 Å². The van der Waals surface area contributed by atoms with Crippen molar-refractivity contribution < 1.29 is 9.18 Å². The van der Waals surface area contributed by atoms with Crippen LogP contribution >= 0.6 is 0 Å². The number of hydrogen-bond donors (Lipinski definition) is 2. The van der Waals surface area contributed by atoms with E-state index in [1.807, 2.05) is 13.8 Å². The molecule has 2 N–H and O–H groups in total. The normalized spacial score (nSPS) is 11.8. The summed E-state index contributed by atoms with van der Waals surface area (Å²) in [7, 11) is 0. The second-order valence-electron chi connectivity index (χ2n) is 5.35. The molecule has 1 heterocycles. The minimum absolute atomic E-state index is 0.104. The van der Waals surface area contributed by atoms with Crippen molar-refractivity contribution in [1.82, 2.24) is 15.3 Å². The van der Waals surface area contributed by atoms with Gasteiger partial charge >= 0.3 is 0 Å². The topological polar surface area (TPSA) is 66.9 Å². The van der Waals surface area contributed by atoms with Gasteiger partial charge in [0.2, 0.25) is 5.95 Å². The predicted molar refractivity (Wildman–Crippen MR) is 87.8 cm³/mol. The van der Waals surface area contributed by atoms with Crippen LogP contribution in [0.4, 0.5) is 10.3 Å². The van der Waals surface area contributed by atoms with Gasteiger partial charge in [0, 0.05) is 18.8 Å². The van der Waals surface area contributed by atoms with E-state index >= 15 is 0 Å². The molecule has 0 fully saturated rings. The van der Waals surface area contributed by atoms with E-state index in [0.717, 1.165) is 12.0 Å². The molecule has 0 bridgehead atoms. The molecule has 6 heteroatoms. The highest BCUT2D eigenvalue weighted by Crippen LogP contribution is 2.05. The largest absolute Gasteiger partial charge is 0.354 e. The summed E-state index contributed by atoms with van der Waals surface area (Å²) in [4.78, 5) is 20.3. The fourth-order valence-corrected chi connectivity index (χ4v) is 1.94. The highest BCUT2D eigenvalue weighted by Gasteiger charge is 2.10. The summed E-state index contributed by atoms with van der Waals surface area (Å²) in [6.07, 6.45) is 3.13. The molecule has 122 valence electrons. The molecule has 0 aliphatic heterocycles. The standard InChI is InChI=1S/C17H21FN4O/c1-3-12(2)21-16(23)15-9-11-20-17(22-15)19-10-8-13-4-6-14(18)7-5-13/h4-7,9,11-12H,3,8,10H2,1-2H3,(H,21,23)(H,19,20,22). The fraction of sp³-hybridized carbons (Fsp3) is 0.353. The molecule has 1 unspecified atom stereocenters. The molecular weight excluding hydrogens is 295 g/mol. The van der Waals surface area contributed by atoms with E-state index in [0.29, 0.717) is 24.6 Å². The summed E-state index contributed by atoms with van der Waals surface area (Å²) >= 11 is 0. The Hall–Kier alpha value is -2.50. The Morgan fingerprint density at radius 3 is 2.70 bits per heavy atom. The van der Waals surface area contributed by atoms with Crippen LogP contribution in [0.5, 0.6) is 0 Å². The highest BCUT2D eigenvalue weighted by atomic mass is 19.1. The molecule has 1 aromatic carbocycles. The Bertz CT molecular complexity index is 645. The molecule has 1 amide bonds. The van der Waals surface area contributed by atoms with Gasteiger partial charge in [-0.3, -0.25) is 4.79 Å². The van der Waals surface area contributed by atoms with Gasteiger partial charge in [-0.1, -0.05) is 19.1 Å². The third-order valence-corrected chi connectivity index (χ3v) is 3.49. The smallest absolute Gasteiger partial charge is 0.270 e. The van der Waals surface area contributed by atoms with Crippen LogP contribution in [0.3, 0.4) is 0 Å². The van der Waals surface area contributed by atoms with Crippen molar-refractivity contribution in [1.29, 1.82) is 0 Å². The molecule has 0 saturated carbocycles. The van der Waals surface area contributed by atoms with Gasteiger partial charge in [-0.25, -0.2) is 14.4 Å². The van der Waals surface area contributed by atoms with Gasteiger partial charge in [-0.15, -0.1) is 0 Å². The molecule has 1 atom stereocenters. The zero-order valence-electron chi connectivity index (χ0n) is 13.3. The Balaban J connectivity index is 1.89. The molecule has 0 radical (unpaired) electrons. The lowest BCUT2D eigenvalue weighted by Crippen LogP contribution is -2.32. The third kappa shape index (κ3) is 5.32. The number of benzene rings is 1. The van der Waals surface area contributed by atoms with Crippen LogP contribution in [0.1, 0.15) is 36.3 Å². The van der Waals surface area contributed by atoms with Crippen molar-refractivity contribution in [3.05, 3.63) is 53.6 Å². The van der Waals surface area contributed by atoms with Gasteiger partial charge < -0.3 is 10.6 Å². The van der Waals surface area contributed by atoms with E-state index in [1.54, 1.807) is 24.4 Å². The van der Waals surface area contributed by atoms with Gasteiger partial charge in [0.15, 0.2) is 0 Å². The maximum atomic E-state index is 12.8. The van der Waals surface area contributed by atoms with Crippen molar-refractivity contribution in [3.63, 3.8) is 0 Å². The van der Waals surface area contributed by atoms with Crippen molar-refractivity contribution in [2.75, 3.05) is 11.9 Å². The number of carbonyl (C=O) groups is 1. The van der Waals surface area contributed by atoms with Gasteiger partial charge in [0.25, 0.3) is 5.91 Å². The second-order valence-corrected chi connectivity index (χ2v) is 5.35. The molecule has 2 rings (SSSR count). The molecule has 2 aromatic rings. The first-order valence-corrected chi connectivity index (χ1v) is 7.70. The van der Waals surface area contributed by atoms with E-state index in [4.69, 9.17) is 0 Å². The lowest BCUT2D eigenvalue weighted by molar-refractivity contribution is 0.0934. The van der Waals surface area contributed by atoms with E-state index in [2.05, 4.69) is 20.6 Å². The molecule has 0 spiro atoms. The summed E-state index contributed by atoms with van der Waals surface area (Å²) in [5.41, 5.74) is 1.36. The van der Waals surface area contributed by atoms with Crippen LogP contribution in [0.2, 0.25) is 0 Å². The van der Waals surface area contributed by atoms with Gasteiger partial charge in [-0.2, -0.15) is 0 Å². The summed E-state index contributed by atoms with van der Waals surface area (Å²) in [6.45, 7) is 4.55. The number of anilines is 1. The zero-order chi connectivity index (χ0) is 16.7. The van der Waals surface area contributed by atoms with E-state index in [1.165, 1.54) is 12.1 Å². The van der Waals surface area contributed by atoms with Crippen LogP contribution in [-0.4, -0.2) is 28.5 Å². The van der Waals surface area contributed by atoms with Crippen LogP contribution in [-0.2, 0) is 6.42 Å². The maximum Gasteiger partial charge on any atom is 0.270 e. The molecule has 0 saturated heterocycles. The summed E-state index contributed by atoms with van der Waals surface area (Å²) in [5.74, 6) is -0.0442. The number of hydrogen-bond acceptors (Lipinski definition) is 4. The second kappa shape index (κ2) is 8.22. The average Bonchev–Trinajstić information content (AvgIpc) is 2.57. The van der Waals surface area contributed by atoms with Crippen molar-refractivity contribution in [2.24, 2.45) is 0 Å². The van der Waals surface area contributed by atoms with Crippen LogP contribution in [0.25, 0.3) is 0 Å². The molecule has 1 aromatic heterocycles. The van der Waals surface area contributed by atoms with Crippen molar-refractivity contribution >= 4 is 11.9 Å². The van der Waals surface area contributed by atoms with E-state index < -0.39 is 0 Å². The number of carbonyl (C=O) groups excluding carboxylic acids is 1. The van der Waals surface area contributed by atoms with Gasteiger partial charge in [0.1, 0.15) is 11.5 Å². The number of nitrogens with zero attached hydrogens (tertiary/aromatic N) is 2. The highest BCUT2D eigenvalue weighted by molar-refractivity contribution is 5.92. The molecular formula is C17H21FN4O. The molecule has 0 aliphatic carbocycles. The lowest BCUT2D eigenvalue weighted by atomic mass is 10.1. The van der Waals surface area contributed by atoms with Gasteiger partial charge in [-0.05, 0) is 43.5 Å². The monoisotopic (exact) mass is 316 g/mol. The minimum atomic E-state index is -0.245. The SMILES string of the molecule is CCC(C)NC(=O)c1ccnc(NCCc2ccc(F)cc2)n1. The minimum Gasteiger partial charge on any atom is -0.354 e. The molecule has 0 aliphatic rings. The Labute approximate surface area is 135 Å². The Kier molecular flexibility index (Phi) is 6.02. The lowest BCUT2D eigenvalue weighted by Gasteiger charge is -2.11. The quantitative estimate of drug-likeness (QED) is 0.824. The Morgan fingerprint density at radius 2 is 2.00 bits per heavy atom. The first kappa shape index (κ1) is 16.9. The molecule has 5 nitrogen and oxygen atoms in total. The van der Waals surface area contributed by atoms with Crippen molar-refractivity contribution in [2.45, 2.75) is 32.7 Å². The zero-order valence-corrected chi connectivity index (χ0v) is 13.3.